The molecule has 2 N–H and O–H groups in total. The molecule has 0 saturated carbocycles. The van der Waals surface area contributed by atoms with E-state index in [0.717, 1.165) is 0 Å². The summed E-state index contributed by atoms with van der Waals surface area (Å²) in [6.45, 7) is 1.71. The molecule has 3 rings (SSSR count). The Labute approximate surface area is 107 Å². The molecule has 0 aliphatic heterocycles. The Bertz CT molecular complexity index is 834. The topological polar surface area (TPSA) is 99.8 Å². The highest BCUT2D eigenvalue weighted by Gasteiger charge is 2.11. The predicted octanol–water partition coefficient (Wildman–Crippen LogP) is 0.874. The zero-order valence-electron chi connectivity index (χ0n) is 10.4. The lowest BCUT2D eigenvalue weighted by Gasteiger charge is -2.03. The first-order valence-corrected chi connectivity index (χ1v) is 5.63. The highest BCUT2D eigenvalue weighted by atomic mass is 16.4. The van der Waals surface area contributed by atoms with Crippen LogP contribution in [0.2, 0.25) is 0 Å². The number of aryl methyl sites for hydroxylation is 2. The lowest BCUT2D eigenvalue weighted by molar-refractivity contribution is 0.528. The highest BCUT2D eigenvalue weighted by Crippen LogP contribution is 2.24. The second-order valence-corrected chi connectivity index (χ2v) is 4.20. The van der Waals surface area contributed by atoms with Crippen molar-refractivity contribution >= 4 is 16.9 Å². The van der Waals surface area contributed by atoms with E-state index in [4.69, 9.17) is 10.2 Å². The summed E-state index contributed by atoms with van der Waals surface area (Å²) in [6.07, 6.45) is 0. The summed E-state index contributed by atoms with van der Waals surface area (Å²) in [7, 11) is 1.65. The number of nitrogen functional groups attached to an aromatic ring is 1. The van der Waals surface area contributed by atoms with Crippen molar-refractivity contribution in [3.63, 3.8) is 0 Å². The van der Waals surface area contributed by atoms with Crippen molar-refractivity contribution in [1.82, 2.24) is 19.7 Å². The minimum absolute atomic E-state index is 0.296. The van der Waals surface area contributed by atoms with E-state index in [1.807, 2.05) is 0 Å². The van der Waals surface area contributed by atoms with Crippen LogP contribution in [0.15, 0.2) is 27.4 Å². The second-order valence-electron chi connectivity index (χ2n) is 4.20. The number of nitrogens with two attached hydrogens (primary N) is 1. The molecule has 0 unspecified atom stereocenters. The maximum atomic E-state index is 11.4. The van der Waals surface area contributed by atoms with Crippen molar-refractivity contribution in [3.8, 4) is 11.3 Å². The van der Waals surface area contributed by atoms with Gasteiger partial charge in [0.25, 0.3) is 0 Å². The summed E-state index contributed by atoms with van der Waals surface area (Å²) in [5.74, 6) is 0.395. The van der Waals surface area contributed by atoms with Gasteiger partial charge < -0.3 is 10.2 Å². The van der Waals surface area contributed by atoms with E-state index in [-0.39, 0.29) is 0 Å². The van der Waals surface area contributed by atoms with Gasteiger partial charge in [0, 0.05) is 12.6 Å². The maximum Gasteiger partial charge on any atom is 0.419 e. The van der Waals surface area contributed by atoms with Crippen LogP contribution in [0.1, 0.15) is 5.82 Å². The molecule has 0 aliphatic rings. The number of oxazole rings is 1. The van der Waals surface area contributed by atoms with Crippen LogP contribution in [0.3, 0.4) is 0 Å². The van der Waals surface area contributed by atoms with Crippen molar-refractivity contribution in [2.45, 2.75) is 6.92 Å². The molecule has 2 aromatic heterocycles. The van der Waals surface area contributed by atoms with Crippen LogP contribution in [0.4, 0.5) is 5.82 Å². The highest BCUT2D eigenvalue weighted by molar-refractivity contribution is 5.81. The van der Waals surface area contributed by atoms with Crippen LogP contribution in [-0.2, 0) is 7.05 Å². The smallest absolute Gasteiger partial charge is 0.408 e. The molecule has 0 aliphatic carbocycles. The lowest BCUT2D eigenvalue weighted by atomic mass is 10.1. The maximum absolute atomic E-state index is 11.4. The Morgan fingerprint density at radius 1 is 1.32 bits per heavy atom. The molecule has 96 valence electrons. The molecule has 2 heterocycles. The van der Waals surface area contributed by atoms with E-state index in [0.29, 0.717) is 34.0 Å². The molecule has 7 nitrogen and oxygen atoms in total. The Balaban J connectivity index is 2.23. The molecular formula is C12H11N5O2. The largest absolute Gasteiger partial charge is 0.419 e. The van der Waals surface area contributed by atoms with Gasteiger partial charge in [-0.1, -0.05) is 6.07 Å². The Kier molecular flexibility index (Phi) is 2.34. The summed E-state index contributed by atoms with van der Waals surface area (Å²) >= 11 is 0. The standard InChI is InChI=1S/C12H11N5O2/c1-6-14-11(13)10(16-15-6)7-3-4-8-9(5-7)19-12(18)17(8)2/h3-5H,1-2H3,(H2,13,14,15). The summed E-state index contributed by atoms with van der Waals surface area (Å²) in [5.41, 5.74) is 8.19. The van der Waals surface area contributed by atoms with Crippen LogP contribution < -0.4 is 11.5 Å². The summed E-state index contributed by atoms with van der Waals surface area (Å²) < 4.78 is 6.55. The molecule has 7 heteroatoms. The van der Waals surface area contributed by atoms with Gasteiger partial charge >= 0.3 is 5.76 Å². The molecule has 0 amide bonds. The van der Waals surface area contributed by atoms with Crippen LogP contribution in [0.25, 0.3) is 22.4 Å². The number of hydrogen-bond acceptors (Lipinski definition) is 6. The van der Waals surface area contributed by atoms with Gasteiger partial charge in [0.2, 0.25) is 0 Å². The van der Waals surface area contributed by atoms with Gasteiger partial charge in [-0.3, -0.25) is 4.57 Å². The van der Waals surface area contributed by atoms with Crippen LogP contribution in [0, 0.1) is 6.92 Å². The second kappa shape index (κ2) is 3.91. The molecule has 0 saturated heterocycles. The van der Waals surface area contributed by atoms with E-state index < -0.39 is 5.76 Å². The SMILES string of the molecule is Cc1nnc(-c2ccc3c(c2)oc(=O)n3C)c(N)n1. The minimum atomic E-state index is -0.409. The average molecular weight is 257 g/mol. The third-order valence-electron chi connectivity index (χ3n) is 2.89. The van der Waals surface area contributed by atoms with Gasteiger partial charge in [-0.05, 0) is 19.1 Å². The van der Waals surface area contributed by atoms with E-state index in [9.17, 15) is 4.79 Å². The first kappa shape index (κ1) is 11.4. The molecule has 3 aromatic rings. The van der Waals surface area contributed by atoms with Gasteiger partial charge in [-0.15, -0.1) is 10.2 Å². The first-order valence-electron chi connectivity index (χ1n) is 5.63. The fraction of sp³-hybridized carbons (Fsp3) is 0.167. The number of aromatic nitrogens is 4. The fourth-order valence-electron chi connectivity index (χ4n) is 1.91. The van der Waals surface area contributed by atoms with Crippen LogP contribution in [0.5, 0.6) is 0 Å². The number of fused-ring (bicyclic) bond motifs is 1. The van der Waals surface area contributed by atoms with Gasteiger partial charge in [-0.2, -0.15) is 0 Å². The zero-order valence-corrected chi connectivity index (χ0v) is 10.4. The number of anilines is 1. The minimum Gasteiger partial charge on any atom is -0.408 e. The third kappa shape index (κ3) is 1.75. The van der Waals surface area contributed by atoms with Gasteiger partial charge in [0.1, 0.15) is 11.5 Å². The van der Waals surface area contributed by atoms with E-state index >= 15 is 0 Å². The normalized spacial score (nSPS) is 11.1. The first-order chi connectivity index (χ1) is 9.06. The summed E-state index contributed by atoms with van der Waals surface area (Å²) in [5, 5.41) is 7.90. The fourth-order valence-corrected chi connectivity index (χ4v) is 1.91. The lowest BCUT2D eigenvalue weighted by Crippen LogP contribution is -2.08. The van der Waals surface area contributed by atoms with Crippen molar-refractivity contribution in [2.75, 3.05) is 5.73 Å². The Hall–Kier alpha value is -2.70. The molecular weight excluding hydrogens is 246 g/mol. The average Bonchev–Trinajstić information content (AvgIpc) is 2.64. The van der Waals surface area contributed by atoms with Crippen molar-refractivity contribution < 1.29 is 4.42 Å². The molecule has 1 aromatic carbocycles. The van der Waals surface area contributed by atoms with Gasteiger partial charge in [-0.25, -0.2) is 9.78 Å². The zero-order chi connectivity index (χ0) is 13.6. The number of rotatable bonds is 1. The number of benzene rings is 1. The monoisotopic (exact) mass is 257 g/mol. The predicted molar refractivity (Wildman–Crippen MR) is 69.4 cm³/mol. The molecule has 0 atom stereocenters. The van der Waals surface area contributed by atoms with Crippen LogP contribution >= 0.6 is 0 Å². The number of hydrogen-bond donors (Lipinski definition) is 1. The van der Waals surface area contributed by atoms with Crippen molar-refractivity contribution in [3.05, 3.63) is 34.6 Å². The van der Waals surface area contributed by atoms with Gasteiger partial charge in [0.15, 0.2) is 11.4 Å². The van der Waals surface area contributed by atoms with E-state index in [1.54, 1.807) is 32.2 Å². The number of nitrogens with zero attached hydrogens (tertiary/aromatic N) is 4. The molecule has 0 spiro atoms. The third-order valence-corrected chi connectivity index (χ3v) is 2.89. The summed E-state index contributed by atoms with van der Waals surface area (Å²) in [4.78, 5) is 15.5. The quantitative estimate of drug-likeness (QED) is 0.694. The van der Waals surface area contributed by atoms with Crippen molar-refractivity contribution in [2.24, 2.45) is 7.05 Å². The summed E-state index contributed by atoms with van der Waals surface area (Å²) in [6, 6.07) is 5.28. The molecule has 19 heavy (non-hydrogen) atoms. The van der Waals surface area contributed by atoms with Crippen molar-refractivity contribution in [1.29, 1.82) is 0 Å². The Morgan fingerprint density at radius 2 is 2.11 bits per heavy atom. The molecule has 0 bridgehead atoms. The van der Waals surface area contributed by atoms with Crippen LogP contribution in [-0.4, -0.2) is 19.7 Å². The Morgan fingerprint density at radius 3 is 2.84 bits per heavy atom. The van der Waals surface area contributed by atoms with E-state index in [1.165, 1.54) is 4.57 Å². The molecule has 0 fully saturated rings. The van der Waals surface area contributed by atoms with Gasteiger partial charge in [0.05, 0.1) is 5.52 Å². The molecule has 0 radical (unpaired) electrons. The van der Waals surface area contributed by atoms with E-state index in [2.05, 4.69) is 15.2 Å².